The van der Waals surface area contributed by atoms with Crippen LogP contribution in [0.15, 0.2) is 55.1 Å². The van der Waals surface area contributed by atoms with Crippen molar-refractivity contribution < 1.29 is 14.3 Å². The molecule has 3 heterocycles. The summed E-state index contributed by atoms with van der Waals surface area (Å²) in [6.07, 6.45) is 6.16. The molecule has 0 aliphatic carbocycles. The molecule has 0 aliphatic heterocycles. The second-order valence-electron chi connectivity index (χ2n) is 7.31. The first-order chi connectivity index (χ1) is 14.4. The van der Waals surface area contributed by atoms with Crippen LogP contribution in [0.1, 0.15) is 22.8 Å². The summed E-state index contributed by atoms with van der Waals surface area (Å²) in [5.74, 6) is -0.659. The normalized spacial score (nSPS) is 12.3. The summed E-state index contributed by atoms with van der Waals surface area (Å²) in [5, 5.41) is 16.2. The summed E-state index contributed by atoms with van der Waals surface area (Å²) in [4.78, 5) is 16.9. The molecule has 1 atom stereocenters. The van der Waals surface area contributed by atoms with Crippen molar-refractivity contribution in [3.63, 3.8) is 0 Å². The Kier molecular flexibility index (Phi) is 5.33. The van der Waals surface area contributed by atoms with Gasteiger partial charge in [0.05, 0.1) is 29.9 Å². The van der Waals surface area contributed by atoms with Gasteiger partial charge in [0.15, 0.2) is 0 Å². The smallest absolute Gasteiger partial charge is 0.255 e. The van der Waals surface area contributed by atoms with Gasteiger partial charge in [0.1, 0.15) is 11.3 Å². The zero-order valence-electron chi connectivity index (χ0n) is 16.7. The number of aliphatic hydroxyl groups excluding tert-OH is 1. The van der Waals surface area contributed by atoms with Crippen molar-refractivity contribution in [2.45, 2.75) is 19.6 Å². The number of halogens is 1. The van der Waals surface area contributed by atoms with Crippen LogP contribution in [0.3, 0.4) is 0 Å². The van der Waals surface area contributed by atoms with E-state index in [-0.39, 0.29) is 24.8 Å². The Morgan fingerprint density at radius 3 is 2.80 bits per heavy atom. The fourth-order valence-electron chi connectivity index (χ4n) is 3.36. The summed E-state index contributed by atoms with van der Waals surface area (Å²) in [6.45, 7) is 1.99. The Bertz CT molecular complexity index is 1210. The van der Waals surface area contributed by atoms with Gasteiger partial charge in [-0.15, -0.1) is 0 Å². The molecule has 0 saturated heterocycles. The number of rotatable bonds is 6. The molecule has 0 radical (unpaired) electrons. The minimum Gasteiger partial charge on any atom is -0.392 e. The molecule has 4 aromatic rings. The first-order valence-electron chi connectivity index (χ1n) is 9.60. The van der Waals surface area contributed by atoms with Gasteiger partial charge in [0, 0.05) is 43.3 Å². The molecule has 0 aliphatic rings. The number of benzene rings is 1. The number of aliphatic hydroxyl groups is 1. The molecule has 0 unspecified atom stereocenters. The van der Waals surface area contributed by atoms with Gasteiger partial charge in [0.25, 0.3) is 5.91 Å². The van der Waals surface area contributed by atoms with E-state index in [1.807, 2.05) is 29.9 Å². The number of pyridine rings is 1. The van der Waals surface area contributed by atoms with Crippen LogP contribution >= 0.6 is 0 Å². The van der Waals surface area contributed by atoms with E-state index in [4.69, 9.17) is 0 Å². The van der Waals surface area contributed by atoms with Gasteiger partial charge in [-0.3, -0.25) is 14.5 Å². The van der Waals surface area contributed by atoms with Gasteiger partial charge in [0.2, 0.25) is 0 Å². The van der Waals surface area contributed by atoms with Gasteiger partial charge < -0.3 is 15.0 Å². The van der Waals surface area contributed by atoms with E-state index in [1.54, 1.807) is 42.3 Å². The maximum absolute atomic E-state index is 14.8. The van der Waals surface area contributed by atoms with Crippen molar-refractivity contribution in [1.82, 2.24) is 24.6 Å². The summed E-state index contributed by atoms with van der Waals surface area (Å²) < 4.78 is 18.3. The van der Waals surface area contributed by atoms with E-state index < -0.39 is 6.10 Å². The second-order valence-corrected chi connectivity index (χ2v) is 7.31. The van der Waals surface area contributed by atoms with Gasteiger partial charge in [-0.2, -0.15) is 5.10 Å². The highest BCUT2D eigenvalue weighted by atomic mass is 19.1. The number of amides is 1. The van der Waals surface area contributed by atoms with E-state index in [1.165, 1.54) is 6.07 Å². The van der Waals surface area contributed by atoms with Gasteiger partial charge in [-0.25, -0.2) is 4.39 Å². The molecule has 2 N–H and O–H groups in total. The van der Waals surface area contributed by atoms with Gasteiger partial charge in [-0.1, -0.05) is 12.1 Å². The van der Waals surface area contributed by atoms with Crippen molar-refractivity contribution in [3.05, 3.63) is 72.1 Å². The van der Waals surface area contributed by atoms with Crippen molar-refractivity contribution in [1.29, 1.82) is 0 Å². The number of hydrogen-bond donors (Lipinski definition) is 2. The molecule has 3 aromatic heterocycles. The first-order valence-corrected chi connectivity index (χ1v) is 9.60. The maximum atomic E-state index is 14.8. The largest absolute Gasteiger partial charge is 0.392 e. The SMILES string of the molecule is C[C@H](O)CNC(=O)c1cn(Cc2ccc(-c3cnn(C)c3)cc2F)c2cccnc12. The number of aryl methyl sites for hydroxylation is 1. The Balaban J connectivity index is 1.65. The monoisotopic (exact) mass is 407 g/mol. The number of carbonyl (C=O) groups excluding carboxylic acids is 1. The predicted octanol–water partition coefficient (Wildman–Crippen LogP) is 2.73. The molecule has 0 fully saturated rings. The number of fused-ring (bicyclic) bond motifs is 1. The molecule has 7 nitrogen and oxygen atoms in total. The van der Waals surface area contributed by atoms with Crippen molar-refractivity contribution in [3.8, 4) is 11.1 Å². The fraction of sp³-hybridized carbons (Fsp3) is 0.227. The van der Waals surface area contributed by atoms with E-state index in [2.05, 4.69) is 15.4 Å². The highest BCUT2D eigenvalue weighted by Gasteiger charge is 2.17. The highest BCUT2D eigenvalue weighted by Crippen LogP contribution is 2.24. The van der Waals surface area contributed by atoms with Crippen LogP contribution in [-0.2, 0) is 13.6 Å². The van der Waals surface area contributed by atoms with E-state index >= 15 is 0 Å². The van der Waals surface area contributed by atoms with Crippen molar-refractivity contribution in [2.75, 3.05) is 6.54 Å². The third-order valence-corrected chi connectivity index (χ3v) is 4.87. The molecule has 8 heteroatoms. The average Bonchev–Trinajstić information content (AvgIpc) is 3.32. The fourth-order valence-corrected chi connectivity index (χ4v) is 3.36. The number of nitrogens with zero attached hydrogens (tertiary/aromatic N) is 4. The molecule has 1 amide bonds. The maximum Gasteiger partial charge on any atom is 0.255 e. The van der Waals surface area contributed by atoms with Crippen molar-refractivity contribution >= 4 is 16.9 Å². The Hall–Kier alpha value is -3.52. The summed E-state index contributed by atoms with van der Waals surface area (Å²) in [7, 11) is 1.81. The summed E-state index contributed by atoms with van der Waals surface area (Å²) >= 11 is 0. The van der Waals surface area contributed by atoms with Crippen LogP contribution in [0.2, 0.25) is 0 Å². The molecule has 0 bridgehead atoms. The predicted molar refractivity (Wildman–Crippen MR) is 111 cm³/mol. The Labute approximate surface area is 172 Å². The first kappa shape index (κ1) is 19.8. The highest BCUT2D eigenvalue weighted by molar-refractivity contribution is 6.05. The van der Waals surface area contributed by atoms with Crippen LogP contribution in [0.4, 0.5) is 4.39 Å². The minimum atomic E-state index is -0.650. The van der Waals surface area contributed by atoms with Crippen LogP contribution < -0.4 is 5.32 Å². The molecule has 0 saturated carbocycles. The summed E-state index contributed by atoms with van der Waals surface area (Å²) in [6, 6.07) is 8.71. The van der Waals surface area contributed by atoms with Gasteiger partial charge >= 0.3 is 0 Å². The van der Waals surface area contributed by atoms with E-state index in [9.17, 15) is 14.3 Å². The number of carbonyl (C=O) groups is 1. The molecule has 154 valence electrons. The van der Waals surface area contributed by atoms with Crippen LogP contribution in [0, 0.1) is 5.82 Å². The lowest BCUT2D eigenvalue weighted by Gasteiger charge is -2.08. The average molecular weight is 407 g/mol. The molecular weight excluding hydrogens is 385 g/mol. The van der Waals surface area contributed by atoms with Crippen LogP contribution in [0.5, 0.6) is 0 Å². The molecule has 4 rings (SSSR count). The zero-order chi connectivity index (χ0) is 21.3. The second kappa shape index (κ2) is 8.08. The quantitative estimate of drug-likeness (QED) is 0.515. The lowest BCUT2D eigenvalue weighted by atomic mass is 10.1. The Morgan fingerprint density at radius 1 is 1.27 bits per heavy atom. The lowest BCUT2D eigenvalue weighted by Crippen LogP contribution is -2.30. The summed E-state index contributed by atoms with van der Waals surface area (Å²) in [5.41, 5.74) is 3.75. The standard InChI is InChI=1S/C22H22FN5O2/c1-14(29)9-25-22(30)18-13-28(20-4-3-7-24-21(18)20)12-16-6-5-15(8-19(16)23)17-10-26-27(2)11-17/h3-8,10-11,13-14,29H,9,12H2,1-2H3,(H,25,30)/t14-/m0/s1. The number of aromatic nitrogens is 4. The Morgan fingerprint density at radius 2 is 2.10 bits per heavy atom. The van der Waals surface area contributed by atoms with Crippen LogP contribution in [-0.4, -0.2) is 43.0 Å². The van der Waals surface area contributed by atoms with E-state index in [0.717, 1.165) is 16.6 Å². The topological polar surface area (TPSA) is 85.0 Å². The minimum absolute atomic E-state index is 0.142. The van der Waals surface area contributed by atoms with Gasteiger partial charge in [-0.05, 0) is 30.7 Å². The zero-order valence-corrected chi connectivity index (χ0v) is 16.7. The number of hydrogen-bond acceptors (Lipinski definition) is 4. The lowest BCUT2D eigenvalue weighted by molar-refractivity contribution is 0.0925. The van der Waals surface area contributed by atoms with Crippen molar-refractivity contribution in [2.24, 2.45) is 7.05 Å². The molecule has 30 heavy (non-hydrogen) atoms. The molecule has 1 aromatic carbocycles. The third-order valence-electron chi connectivity index (χ3n) is 4.87. The third kappa shape index (κ3) is 3.95. The molecule has 0 spiro atoms. The van der Waals surface area contributed by atoms with E-state index in [0.29, 0.717) is 16.6 Å². The van der Waals surface area contributed by atoms with Crippen LogP contribution in [0.25, 0.3) is 22.2 Å². The number of nitrogens with one attached hydrogen (secondary N) is 1. The molecular formula is C22H22FN5O2.